The number of aliphatic imine (C=N–C) groups is 1. The molecule has 0 amide bonds. The molecule has 34 heavy (non-hydrogen) atoms. The van der Waals surface area contributed by atoms with Crippen LogP contribution in [0.3, 0.4) is 0 Å². The summed E-state index contributed by atoms with van der Waals surface area (Å²) in [5, 5.41) is 0.842. The minimum Gasteiger partial charge on any atom is -0.268 e. The van der Waals surface area contributed by atoms with Crippen LogP contribution in [0.25, 0.3) is 28.0 Å². The van der Waals surface area contributed by atoms with E-state index in [1.54, 1.807) is 48.5 Å². The van der Waals surface area contributed by atoms with Crippen molar-refractivity contribution in [3.8, 4) is 29.4 Å². The molecule has 0 saturated heterocycles. The molecule has 0 fully saturated rings. The summed E-state index contributed by atoms with van der Waals surface area (Å²) in [6, 6.07) is 18.9. The van der Waals surface area contributed by atoms with Crippen molar-refractivity contribution in [3.05, 3.63) is 82.1 Å². The molecular weight excluding hydrogens is 492 g/mol. The fourth-order valence-electron chi connectivity index (χ4n) is 3.60. The molecule has 1 aliphatic heterocycles. The Morgan fingerprint density at radius 2 is 1.85 bits per heavy atom. The molecule has 5 rings (SSSR count). The van der Waals surface area contributed by atoms with Gasteiger partial charge in [-0.15, -0.1) is 6.42 Å². The number of nitrogens with zero attached hydrogens (tertiary/aromatic N) is 3. The molecule has 0 spiro atoms. The molecule has 2 heterocycles. The minimum absolute atomic E-state index is 0.0126. The summed E-state index contributed by atoms with van der Waals surface area (Å²) in [4.78, 5) is 22.7. The van der Waals surface area contributed by atoms with E-state index in [-0.39, 0.29) is 33.0 Å². The van der Waals surface area contributed by atoms with E-state index in [0.717, 1.165) is 11.8 Å². The second-order valence-corrected chi connectivity index (χ2v) is 10.3. The Morgan fingerprint density at radius 3 is 2.62 bits per heavy atom. The van der Waals surface area contributed by atoms with Crippen LogP contribution in [0.4, 0.5) is 0 Å². The third kappa shape index (κ3) is 3.86. The molecule has 1 aliphatic rings. The highest BCUT2D eigenvalue weighted by Crippen LogP contribution is 2.39. The lowest BCUT2D eigenvalue weighted by atomic mass is 10.1. The molecule has 7 nitrogen and oxygen atoms in total. The van der Waals surface area contributed by atoms with Gasteiger partial charge < -0.3 is 0 Å². The van der Waals surface area contributed by atoms with Gasteiger partial charge in [0.2, 0.25) is 0 Å². The number of aromatic nitrogens is 2. The molecule has 0 atom stereocenters. The average Bonchev–Trinajstić information content (AvgIpc) is 2.82. The van der Waals surface area contributed by atoms with Crippen LogP contribution >= 0.6 is 23.4 Å². The smallest absolute Gasteiger partial charge is 0.266 e. The van der Waals surface area contributed by atoms with Gasteiger partial charge in [0.15, 0.2) is 5.17 Å². The maximum Gasteiger partial charge on any atom is 0.266 e. The number of hydrogen-bond acceptors (Lipinski definition) is 6. The van der Waals surface area contributed by atoms with E-state index in [2.05, 4.69) is 15.6 Å². The number of benzene rings is 3. The molecule has 4 aromatic rings. The van der Waals surface area contributed by atoms with E-state index in [0.29, 0.717) is 27.0 Å². The van der Waals surface area contributed by atoms with E-state index < -0.39 is 10.0 Å². The van der Waals surface area contributed by atoms with Gasteiger partial charge in [0.1, 0.15) is 17.3 Å². The third-order valence-electron chi connectivity index (χ3n) is 5.10. The number of amidine groups is 1. The number of fused-ring (bicyclic) bond motifs is 2. The van der Waals surface area contributed by atoms with Gasteiger partial charge in [0, 0.05) is 10.5 Å². The lowest BCUT2D eigenvalue weighted by Gasteiger charge is -2.21. The summed E-state index contributed by atoms with van der Waals surface area (Å²) >= 11 is 7.76. The maximum atomic E-state index is 13.5. The van der Waals surface area contributed by atoms with Crippen LogP contribution < -0.4 is 10.3 Å². The fraction of sp³-hybridized carbons (Fsp3) is 0.0417. The highest BCUT2D eigenvalue weighted by molar-refractivity contribution is 8.16. The van der Waals surface area contributed by atoms with E-state index in [1.807, 2.05) is 6.07 Å². The topological polar surface area (TPSA) is 93.4 Å². The van der Waals surface area contributed by atoms with Crippen molar-refractivity contribution in [1.29, 1.82) is 0 Å². The SMILES string of the molecule is C#CCN=C1NS(=O)(=O)c2cc(-c3nc4ccccc4c(=O)n3-c3ccccc3)c(Cl)cc2S1. The monoisotopic (exact) mass is 506 g/mol. The van der Waals surface area contributed by atoms with Crippen LogP contribution in [-0.4, -0.2) is 29.7 Å². The molecular formula is C24H15ClN4O3S2. The van der Waals surface area contributed by atoms with Crippen LogP contribution in [0, 0.1) is 12.3 Å². The van der Waals surface area contributed by atoms with Gasteiger partial charge in [-0.25, -0.2) is 18.4 Å². The fourth-order valence-corrected chi connectivity index (χ4v) is 6.54. The van der Waals surface area contributed by atoms with Gasteiger partial charge in [-0.05, 0) is 36.4 Å². The Labute approximate surface area is 204 Å². The summed E-state index contributed by atoms with van der Waals surface area (Å²) in [6.45, 7) is 0.0381. The summed E-state index contributed by atoms with van der Waals surface area (Å²) in [5.74, 6) is 2.58. The average molecular weight is 507 g/mol. The van der Waals surface area contributed by atoms with Crippen LogP contribution in [0.2, 0.25) is 5.02 Å². The Balaban J connectivity index is 1.79. The zero-order valence-corrected chi connectivity index (χ0v) is 19.8. The summed E-state index contributed by atoms with van der Waals surface area (Å²) in [5.41, 5.74) is 1.07. The molecule has 168 valence electrons. The number of rotatable bonds is 3. The van der Waals surface area contributed by atoms with Gasteiger partial charge in [-0.1, -0.05) is 59.6 Å². The van der Waals surface area contributed by atoms with Gasteiger partial charge >= 0.3 is 0 Å². The second kappa shape index (κ2) is 8.65. The molecule has 1 aromatic heterocycles. The maximum absolute atomic E-state index is 13.5. The molecule has 0 bridgehead atoms. The van der Waals surface area contributed by atoms with Crippen molar-refractivity contribution in [2.45, 2.75) is 9.79 Å². The number of sulfonamides is 1. The number of thioether (sulfide) groups is 1. The van der Waals surface area contributed by atoms with Crippen molar-refractivity contribution in [2.24, 2.45) is 4.99 Å². The lowest BCUT2D eigenvalue weighted by molar-refractivity contribution is 0.590. The lowest BCUT2D eigenvalue weighted by Crippen LogP contribution is -2.33. The van der Waals surface area contributed by atoms with Gasteiger partial charge in [-0.3, -0.25) is 14.1 Å². The molecule has 10 heteroatoms. The van der Waals surface area contributed by atoms with Gasteiger partial charge in [0.05, 0.1) is 21.6 Å². The molecule has 0 saturated carbocycles. The Bertz CT molecular complexity index is 1690. The molecule has 0 unspecified atom stereocenters. The first kappa shape index (κ1) is 22.2. The van der Waals surface area contributed by atoms with Gasteiger partial charge in [-0.2, -0.15) is 0 Å². The number of para-hydroxylation sites is 2. The molecule has 0 radical (unpaired) electrons. The van der Waals surface area contributed by atoms with Crippen LogP contribution in [0.15, 0.2) is 86.3 Å². The van der Waals surface area contributed by atoms with Crippen molar-refractivity contribution >= 4 is 49.5 Å². The van der Waals surface area contributed by atoms with E-state index in [4.69, 9.17) is 23.0 Å². The Morgan fingerprint density at radius 1 is 1.12 bits per heavy atom. The number of halogens is 1. The van der Waals surface area contributed by atoms with E-state index in [1.165, 1.54) is 16.7 Å². The van der Waals surface area contributed by atoms with Crippen molar-refractivity contribution in [3.63, 3.8) is 0 Å². The van der Waals surface area contributed by atoms with Crippen LogP contribution in [0.5, 0.6) is 0 Å². The molecule has 3 aromatic carbocycles. The van der Waals surface area contributed by atoms with Gasteiger partial charge in [0.25, 0.3) is 15.6 Å². The van der Waals surface area contributed by atoms with Crippen molar-refractivity contribution in [1.82, 2.24) is 14.3 Å². The predicted molar refractivity (Wildman–Crippen MR) is 135 cm³/mol. The van der Waals surface area contributed by atoms with Crippen molar-refractivity contribution in [2.75, 3.05) is 6.54 Å². The molecule has 1 N–H and O–H groups in total. The first-order valence-corrected chi connectivity index (χ1v) is 12.7. The predicted octanol–water partition coefficient (Wildman–Crippen LogP) is 4.08. The highest BCUT2D eigenvalue weighted by Gasteiger charge is 2.30. The zero-order valence-electron chi connectivity index (χ0n) is 17.4. The summed E-state index contributed by atoms with van der Waals surface area (Å²) in [6.07, 6.45) is 5.23. The summed E-state index contributed by atoms with van der Waals surface area (Å²) < 4.78 is 29.8. The van der Waals surface area contributed by atoms with E-state index in [9.17, 15) is 13.2 Å². The number of nitrogens with one attached hydrogen (secondary N) is 1. The number of hydrogen-bond donors (Lipinski definition) is 1. The van der Waals surface area contributed by atoms with Crippen LogP contribution in [0.1, 0.15) is 0 Å². The first-order valence-electron chi connectivity index (χ1n) is 9.99. The standard InChI is InChI=1S/C24H15ClN4O3S2/c1-2-12-26-24-28-34(31,32)21-13-17(18(25)14-20(21)33-24)22-27-19-11-7-6-10-16(19)23(30)29(22)15-8-4-3-5-9-15/h1,3-11,13-14H,12H2,(H,26,28). The highest BCUT2D eigenvalue weighted by atomic mass is 35.5. The Hall–Kier alpha value is -3.58. The molecule has 0 aliphatic carbocycles. The first-order chi connectivity index (χ1) is 16.4. The third-order valence-corrected chi connectivity index (χ3v) is 8.03. The second-order valence-electron chi connectivity index (χ2n) is 7.24. The largest absolute Gasteiger partial charge is 0.268 e. The summed E-state index contributed by atoms with van der Waals surface area (Å²) in [7, 11) is -3.94. The zero-order chi connectivity index (χ0) is 23.9. The van der Waals surface area contributed by atoms with Crippen LogP contribution in [-0.2, 0) is 10.0 Å². The van der Waals surface area contributed by atoms with E-state index >= 15 is 0 Å². The quantitative estimate of drug-likeness (QED) is 0.423. The van der Waals surface area contributed by atoms with Crippen molar-refractivity contribution < 1.29 is 8.42 Å². The minimum atomic E-state index is -3.94. The normalized spacial score (nSPS) is 15.5. The Kier molecular flexibility index (Phi) is 5.65. The number of terminal acetylenes is 1.